The van der Waals surface area contributed by atoms with Gasteiger partial charge in [-0.1, -0.05) is 0 Å². The second kappa shape index (κ2) is 3.45. The Kier molecular flexibility index (Phi) is 2.32. The van der Waals surface area contributed by atoms with Gasteiger partial charge in [-0.15, -0.1) is 0 Å². The number of anilines is 1. The third-order valence-electron chi connectivity index (χ3n) is 0.891. The molecule has 1 aromatic rings. The first-order valence-electron chi connectivity index (χ1n) is 2.86. The van der Waals surface area contributed by atoms with E-state index < -0.39 is 5.97 Å². The van der Waals surface area contributed by atoms with E-state index in [9.17, 15) is 4.79 Å². The number of hydrogen-bond donors (Lipinski definition) is 2. The fourth-order valence-electron chi connectivity index (χ4n) is 0.485. The molecule has 11 heavy (non-hydrogen) atoms. The Morgan fingerprint density at radius 1 is 1.55 bits per heavy atom. The van der Waals surface area contributed by atoms with Gasteiger partial charge in [0.2, 0.25) is 5.95 Å². The molecule has 0 unspecified atom stereocenters. The van der Waals surface area contributed by atoms with Crippen LogP contribution in [0.15, 0.2) is 12.7 Å². The summed E-state index contributed by atoms with van der Waals surface area (Å²) in [6, 6.07) is 0. The summed E-state index contributed by atoms with van der Waals surface area (Å²) >= 11 is 0. The molecule has 58 valence electrons. The standard InChI is InChI=1S/C5H6N4O2/c10-4(11)1-7-5-8-2-6-3-9-5/h2-3H,1H2,(H,10,11)(H,6,7,8,9). The van der Waals surface area contributed by atoms with Crippen LogP contribution in [-0.2, 0) is 4.79 Å². The van der Waals surface area contributed by atoms with Gasteiger partial charge < -0.3 is 10.4 Å². The van der Waals surface area contributed by atoms with Crippen molar-refractivity contribution in [3.8, 4) is 0 Å². The maximum Gasteiger partial charge on any atom is 0.322 e. The van der Waals surface area contributed by atoms with E-state index in [0.717, 1.165) is 0 Å². The molecular weight excluding hydrogens is 148 g/mol. The molecule has 1 aromatic heterocycles. The van der Waals surface area contributed by atoms with Gasteiger partial charge in [0.1, 0.15) is 19.2 Å². The van der Waals surface area contributed by atoms with Crippen molar-refractivity contribution in [3.63, 3.8) is 0 Å². The number of carbonyl (C=O) groups is 1. The highest BCUT2D eigenvalue weighted by molar-refractivity contribution is 5.71. The van der Waals surface area contributed by atoms with Crippen LogP contribution in [0.5, 0.6) is 0 Å². The minimum atomic E-state index is -0.953. The second-order valence-corrected chi connectivity index (χ2v) is 1.71. The molecule has 0 fully saturated rings. The van der Waals surface area contributed by atoms with Crippen LogP contribution < -0.4 is 5.32 Å². The van der Waals surface area contributed by atoms with Crippen molar-refractivity contribution >= 4 is 11.9 Å². The number of carboxylic acid groups (broad SMARTS) is 1. The molecule has 0 bridgehead atoms. The highest BCUT2D eigenvalue weighted by Crippen LogP contribution is 1.89. The van der Waals surface area contributed by atoms with Crippen LogP contribution in [-0.4, -0.2) is 32.6 Å². The summed E-state index contributed by atoms with van der Waals surface area (Å²) < 4.78 is 0. The first-order chi connectivity index (χ1) is 5.29. The number of hydrogen-bond acceptors (Lipinski definition) is 5. The maximum atomic E-state index is 10.0. The van der Waals surface area contributed by atoms with Gasteiger partial charge in [-0.2, -0.15) is 0 Å². The smallest absolute Gasteiger partial charge is 0.322 e. The third-order valence-corrected chi connectivity index (χ3v) is 0.891. The molecule has 0 aliphatic rings. The van der Waals surface area contributed by atoms with Crippen LogP contribution in [0, 0.1) is 0 Å². The Bertz CT molecular complexity index is 237. The number of carboxylic acids is 1. The average Bonchev–Trinajstić information content (AvgIpc) is 2.03. The highest BCUT2D eigenvalue weighted by Gasteiger charge is 1.96. The molecule has 1 rings (SSSR count). The van der Waals surface area contributed by atoms with Gasteiger partial charge in [0.25, 0.3) is 0 Å². The Labute approximate surface area is 62.3 Å². The van der Waals surface area contributed by atoms with E-state index in [0.29, 0.717) is 0 Å². The predicted molar refractivity (Wildman–Crippen MR) is 36.0 cm³/mol. The summed E-state index contributed by atoms with van der Waals surface area (Å²) in [5.41, 5.74) is 0. The normalized spacial score (nSPS) is 9.09. The quantitative estimate of drug-likeness (QED) is 0.602. The molecule has 0 aromatic carbocycles. The Morgan fingerprint density at radius 3 is 2.73 bits per heavy atom. The number of nitrogens with one attached hydrogen (secondary N) is 1. The Morgan fingerprint density at radius 2 is 2.18 bits per heavy atom. The molecule has 0 spiro atoms. The van der Waals surface area contributed by atoms with Crippen LogP contribution in [0.3, 0.4) is 0 Å². The van der Waals surface area contributed by atoms with Gasteiger partial charge >= 0.3 is 5.97 Å². The van der Waals surface area contributed by atoms with Crippen LogP contribution in [0.1, 0.15) is 0 Å². The summed E-state index contributed by atoms with van der Waals surface area (Å²) in [5.74, 6) is -0.687. The van der Waals surface area contributed by atoms with Gasteiger partial charge in [-0.05, 0) is 0 Å². The van der Waals surface area contributed by atoms with Crippen LogP contribution >= 0.6 is 0 Å². The van der Waals surface area contributed by atoms with Crippen molar-refractivity contribution in [2.24, 2.45) is 0 Å². The summed E-state index contributed by atoms with van der Waals surface area (Å²) in [7, 11) is 0. The third kappa shape index (κ3) is 2.57. The van der Waals surface area contributed by atoms with Crippen molar-refractivity contribution in [3.05, 3.63) is 12.7 Å². The monoisotopic (exact) mass is 154 g/mol. The van der Waals surface area contributed by atoms with Gasteiger partial charge in [-0.3, -0.25) is 4.79 Å². The number of aromatic nitrogens is 3. The molecule has 0 aliphatic carbocycles. The lowest BCUT2D eigenvalue weighted by Gasteiger charge is -1.97. The molecule has 2 N–H and O–H groups in total. The first kappa shape index (κ1) is 7.39. The average molecular weight is 154 g/mol. The zero-order chi connectivity index (χ0) is 8.10. The predicted octanol–water partition coefficient (Wildman–Crippen LogP) is -0.632. The van der Waals surface area contributed by atoms with E-state index in [1.165, 1.54) is 12.7 Å². The highest BCUT2D eigenvalue weighted by atomic mass is 16.4. The van der Waals surface area contributed by atoms with E-state index >= 15 is 0 Å². The molecule has 0 aliphatic heterocycles. The summed E-state index contributed by atoms with van der Waals surface area (Å²) in [5, 5.41) is 10.7. The molecule has 0 saturated carbocycles. The number of rotatable bonds is 3. The lowest BCUT2D eigenvalue weighted by atomic mass is 10.6. The molecule has 0 saturated heterocycles. The zero-order valence-corrected chi connectivity index (χ0v) is 5.56. The summed E-state index contributed by atoms with van der Waals surface area (Å²) in [4.78, 5) is 20.9. The SMILES string of the molecule is O=C(O)CNc1ncncn1. The molecule has 6 heteroatoms. The van der Waals surface area contributed by atoms with Crippen LogP contribution in [0.25, 0.3) is 0 Å². The summed E-state index contributed by atoms with van der Waals surface area (Å²) in [6.07, 6.45) is 2.58. The van der Waals surface area contributed by atoms with Crippen LogP contribution in [0.4, 0.5) is 5.95 Å². The fourth-order valence-corrected chi connectivity index (χ4v) is 0.485. The Hall–Kier alpha value is -1.72. The lowest BCUT2D eigenvalue weighted by molar-refractivity contribution is -0.134. The molecule has 6 nitrogen and oxygen atoms in total. The fraction of sp³-hybridized carbons (Fsp3) is 0.200. The van der Waals surface area contributed by atoms with Crippen molar-refractivity contribution in [1.29, 1.82) is 0 Å². The van der Waals surface area contributed by atoms with E-state index in [4.69, 9.17) is 5.11 Å². The van der Waals surface area contributed by atoms with Gasteiger partial charge in [0.05, 0.1) is 0 Å². The summed E-state index contributed by atoms with van der Waals surface area (Å²) in [6.45, 7) is -0.190. The molecule has 1 heterocycles. The molecule has 0 radical (unpaired) electrons. The van der Waals surface area contributed by atoms with E-state index in [-0.39, 0.29) is 12.5 Å². The van der Waals surface area contributed by atoms with E-state index in [2.05, 4.69) is 20.3 Å². The van der Waals surface area contributed by atoms with Gasteiger partial charge in [0, 0.05) is 0 Å². The zero-order valence-electron chi connectivity index (χ0n) is 5.56. The van der Waals surface area contributed by atoms with Crippen molar-refractivity contribution in [2.75, 3.05) is 11.9 Å². The Balaban J connectivity index is 2.45. The first-order valence-corrected chi connectivity index (χ1v) is 2.86. The largest absolute Gasteiger partial charge is 0.480 e. The topological polar surface area (TPSA) is 88.0 Å². The maximum absolute atomic E-state index is 10.0. The van der Waals surface area contributed by atoms with E-state index in [1.807, 2.05) is 0 Å². The van der Waals surface area contributed by atoms with Gasteiger partial charge in [0.15, 0.2) is 0 Å². The minimum absolute atomic E-state index is 0.190. The number of aliphatic carboxylic acids is 1. The minimum Gasteiger partial charge on any atom is -0.480 e. The van der Waals surface area contributed by atoms with Crippen molar-refractivity contribution < 1.29 is 9.90 Å². The number of nitrogens with zero attached hydrogens (tertiary/aromatic N) is 3. The molecule has 0 amide bonds. The van der Waals surface area contributed by atoms with Gasteiger partial charge in [-0.25, -0.2) is 15.0 Å². The molecular formula is C5H6N4O2. The molecule has 0 atom stereocenters. The van der Waals surface area contributed by atoms with Crippen molar-refractivity contribution in [1.82, 2.24) is 15.0 Å². The second-order valence-electron chi connectivity index (χ2n) is 1.71. The van der Waals surface area contributed by atoms with Crippen LogP contribution in [0.2, 0.25) is 0 Å². The van der Waals surface area contributed by atoms with Crippen molar-refractivity contribution in [2.45, 2.75) is 0 Å². The lowest BCUT2D eigenvalue weighted by Crippen LogP contribution is -2.14. The van der Waals surface area contributed by atoms with E-state index in [1.54, 1.807) is 0 Å².